The minimum absolute atomic E-state index is 0.0380. The van der Waals surface area contributed by atoms with Crippen molar-refractivity contribution >= 4 is 11.7 Å². The molecule has 0 aromatic carbocycles. The van der Waals surface area contributed by atoms with Crippen molar-refractivity contribution in [2.24, 2.45) is 5.92 Å². The van der Waals surface area contributed by atoms with Crippen LogP contribution >= 0.6 is 0 Å². The monoisotopic (exact) mass is 331 g/mol. The van der Waals surface area contributed by atoms with Crippen molar-refractivity contribution in [3.05, 3.63) is 23.5 Å². The normalized spacial score (nSPS) is 21.9. The highest BCUT2D eigenvalue weighted by atomic mass is 19.4. The van der Waals surface area contributed by atoms with E-state index in [0.717, 1.165) is 12.5 Å². The van der Waals surface area contributed by atoms with E-state index in [2.05, 4.69) is 10.3 Å². The Morgan fingerprint density at radius 3 is 2.87 bits per heavy atom. The van der Waals surface area contributed by atoms with E-state index in [1.807, 2.05) is 0 Å². The van der Waals surface area contributed by atoms with E-state index in [1.54, 1.807) is 6.92 Å². The summed E-state index contributed by atoms with van der Waals surface area (Å²) in [5.74, 6) is -0.251. The summed E-state index contributed by atoms with van der Waals surface area (Å²) < 4.78 is 43.4. The number of anilines is 1. The molecule has 0 bridgehead atoms. The van der Waals surface area contributed by atoms with E-state index < -0.39 is 17.9 Å². The molecule has 0 spiro atoms. The molecule has 1 aromatic rings. The molecule has 1 saturated heterocycles. The SMILES string of the molecule is CCOC(=O)CC1CCNC(c2nc(C(F)(F)F)ccc2N)C1. The van der Waals surface area contributed by atoms with Crippen LogP contribution in [0.15, 0.2) is 12.1 Å². The Balaban J connectivity index is 2.13. The quantitative estimate of drug-likeness (QED) is 0.830. The van der Waals surface area contributed by atoms with Gasteiger partial charge >= 0.3 is 12.1 Å². The summed E-state index contributed by atoms with van der Waals surface area (Å²) in [5, 5.41) is 3.13. The fraction of sp³-hybridized carbons (Fsp3) is 0.600. The lowest BCUT2D eigenvalue weighted by Crippen LogP contribution is -2.34. The summed E-state index contributed by atoms with van der Waals surface area (Å²) in [6.45, 7) is 2.64. The van der Waals surface area contributed by atoms with E-state index in [0.29, 0.717) is 19.6 Å². The van der Waals surface area contributed by atoms with Gasteiger partial charge in [-0.05, 0) is 44.4 Å². The van der Waals surface area contributed by atoms with Crippen LogP contribution in [0.5, 0.6) is 0 Å². The highest BCUT2D eigenvalue weighted by Gasteiger charge is 2.34. The fourth-order valence-electron chi connectivity index (χ4n) is 2.77. The molecular weight excluding hydrogens is 311 g/mol. The highest BCUT2D eigenvalue weighted by Crippen LogP contribution is 2.34. The lowest BCUT2D eigenvalue weighted by molar-refractivity contribution is -0.144. The number of nitrogens with one attached hydrogen (secondary N) is 1. The van der Waals surface area contributed by atoms with Gasteiger partial charge in [-0.3, -0.25) is 4.79 Å². The fourth-order valence-corrected chi connectivity index (χ4v) is 2.77. The number of esters is 1. The van der Waals surface area contributed by atoms with Gasteiger partial charge in [0.2, 0.25) is 0 Å². The van der Waals surface area contributed by atoms with Gasteiger partial charge in [-0.25, -0.2) is 4.98 Å². The number of ether oxygens (including phenoxy) is 1. The van der Waals surface area contributed by atoms with Crippen LogP contribution in [0, 0.1) is 5.92 Å². The number of nitrogen functional groups attached to an aromatic ring is 1. The zero-order valence-electron chi connectivity index (χ0n) is 12.8. The Bertz CT molecular complexity index is 563. The van der Waals surface area contributed by atoms with E-state index in [4.69, 9.17) is 10.5 Å². The molecule has 1 fully saturated rings. The van der Waals surface area contributed by atoms with Crippen LogP contribution in [0.25, 0.3) is 0 Å². The molecule has 1 aromatic heterocycles. The molecule has 0 aliphatic carbocycles. The molecule has 2 unspecified atom stereocenters. The van der Waals surface area contributed by atoms with Crippen LogP contribution in [-0.4, -0.2) is 24.1 Å². The summed E-state index contributed by atoms with van der Waals surface area (Å²) >= 11 is 0. The van der Waals surface area contributed by atoms with E-state index in [1.165, 1.54) is 6.07 Å². The standard InChI is InChI=1S/C15H20F3N3O2/c1-2-23-13(22)8-9-5-6-20-11(7-9)14-10(19)3-4-12(21-14)15(16,17)18/h3-4,9,11,20H,2,5-8,19H2,1H3. The number of nitrogens with two attached hydrogens (primary N) is 1. The largest absolute Gasteiger partial charge is 0.466 e. The maximum atomic E-state index is 12.8. The number of hydrogen-bond donors (Lipinski definition) is 2. The average Bonchev–Trinajstić information content (AvgIpc) is 2.47. The molecule has 1 aliphatic heterocycles. The average molecular weight is 331 g/mol. The Hall–Kier alpha value is -1.83. The zero-order chi connectivity index (χ0) is 17.0. The van der Waals surface area contributed by atoms with Crippen molar-refractivity contribution in [2.45, 2.75) is 38.4 Å². The maximum absolute atomic E-state index is 12.8. The summed E-state index contributed by atoms with van der Waals surface area (Å²) in [6.07, 6.45) is -3.00. The first-order chi connectivity index (χ1) is 10.8. The van der Waals surface area contributed by atoms with Crippen molar-refractivity contribution < 1.29 is 22.7 Å². The van der Waals surface area contributed by atoms with Crippen molar-refractivity contribution in [3.63, 3.8) is 0 Å². The van der Waals surface area contributed by atoms with Gasteiger partial charge in [-0.2, -0.15) is 13.2 Å². The zero-order valence-corrected chi connectivity index (χ0v) is 12.8. The first-order valence-corrected chi connectivity index (χ1v) is 7.53. The molecule has 2 atom stereocenters. The van der Waals surface area contributed by atoms with Gasteiger partial charge in [0.25, 0.3) is 0 Å². The molecule has 8 heteroatoms. The van der Waals surface area contributed by atoms with Gasteiger partial charge in [0.1, 0.15) is 5.69 Å². The molecule has 1 aliphatic rings. The number of piperidine rings is 1. The number of carbonyl (C=O) groups is 1. The van der Waals surface area contributed by atoms with E-state index in [9.17, 15) is 18.0 Å². The van der Waals surface area contributed by atoms with E-state index >= 15 is 0 Å². The molecule has 2 rings (SSSR count). The Kier molecular flexibility index (Phi) is 5.46. The summed E-state index contributed by atoms with van der Waals surface area (Å²) in [4.78, 5) is 15.3. The van der Waals surface area contributed by atoms with Crippen LogP contribution in [0.3, 0.4) is 0 Å². The number of rotatable bonds is 4. The molecule has 0 amide bonds. The Morgan fingerprint density at radius 1 is 1.48 bits per heavy atom. The predicted octanol–water partition coefficient (Wildman–Crippen LogP) is 2.68. The highest BCUT2D eigenvalue weighted by molar-refractivity contribution is 5.69. The molecule has 0 radical (unpaired) electrons. The third kappa shape index (κ3) is 4.57. The summed E-state index contributed by atoms with van der Waals surface area (Å²) in [7, 11) is 0. The van der Waals surface area contributed by atoms with Gasteiger partial charge in [-0.1, -0.05) is 0 Å². The predicted molar refractivity (Wildman–Crippen MR) is 78.4 cm³/mol. The molecule has 23 heavy (non-hydrogen) atoms. The molecule has 128 valence electrons. The minimum Gasteiger partial charge on any atom is -0.466 e. The van der Waals surface area contributed by atoms with Crippen LogP contribution in [0.1, 0.15) is 43.6 Å². The Morgan fingerprint density at radius 2 is 2.22 bits per heavy atom. The molecule has 3 N–H and O–H groups in total. The number of alkyl halides is 3. The maximum Gasteiger partial charge on any atom is 0.433 e. The summed E-state index contributed by atoms with van der Waals surface area (Å²) in [5.41, 5.74) is 5.24. The number of pyridine rings is 1. The van der Waals surface area contributed by atoms with Gasteiger partial charge in [-0.15, -0.1) is 0 Å². The first-order valence-electron chi connectivity index (χ1n) is 7.53. The van der Waals surface area contributed by atoms with Crippen molar-refractivity contribution in [3.8, 4) is 0 Å². The summed E-state index contributed by atoms with van der Waals surface area (Å²) in [6, 6.07) is 1.70. The number of nitrogens with zero attached hydrogens (tertiary/aromatic N) is 1. The van der Waals surface area contributed by atoms with Crippen LogP contribution in [0.4, 0.5) is 18.9 Å². The van der Waals surface area contributed by atoms with E-state index in [-0.39, 0.29) is 29.7 Å². The minimum atomic E-state index is -4.51. The number of carbonyl (C=O) groups excluding carboxylic acids is 1. The van der Waals surface area contributed by atoms with Gasteiger partial charge in [0.05, 0.1) is 24.0 Å². The second-order valence-corrected chi connectivity index (χ2v) is 5.57. The van der Waals surface area contributed by atoms with Crippen molar-refractivity contribution in [2.75, 3.05) is 18.9 Å². The number of halogens is 3. The second kappa shape index (κ2) is 7.16. The van der Waals surface area contributed by atoms with Crippen LogP contribution in [0.2, 0.25) is 0 Å². The second-order valence-electron chi connectivity index (χ2n) is 5.57. The van der Waals surface area contributed by atoms with Gasteiger partial charge < -0.3 is 15.8 Å². The topological polar surface area (TPSA) is 77.2 Å². The third-order valence-electron chi connectivity index (χ3n) is 3.85. The van der Waals surface area contributed by atoms with Gasteiger partial charge in [0.15, 0.2) is 0 Å². The molecule has 5 nitrogen and oxygen atoms in total. The van der Waals surface area contributed by atoms with Crippen molar-refractivity contribution in [1.29, 1.82) is 0 Å². The van der Waals surface area contributed by atoms with Crippen molar-refractivity contribution in [1.82, 2.24) is 10.3 Å². The molecular formula is C15H20F3N3O2. The first kappa shape index (κ1) is 17.5. The van der Waals surface area contributed by atoms with Crippen LogP contribution < -0.4 is 11.1 Å². The number of hydrogen-bond acceptors (Lipinski definition) is 5. The van der Waals surface area contributed by atoms with Gasteiger partial charge in [0, 0.05) is 6.42 Å². The lowest BCUT2D eigenvalue weighted by Gasteiger charge is -2.30. The lowest BCUT2D eigenvalue weighted by atomic mass is 9.88. The molecule has 2 heterocycles. The Labute approximate surface area is 132 Å². The molecule has 0 saturated carbocycles. The van der Waals surface area contributed by atoms with Crippen LogP contribution in [-0.2, 0) is 15.7 Å². The number of aromatic nitrogens is 1. The smallest absolute Gasteiger partial charge is 0.433 e. The third-order valence-corrected chi connectivity index (χ3v) is 3.85.